The summed E-state index contributed by atoms with van der Waals surface area (Å²) >= 11 is 0. The molecule has 0 bridgehead atoms. The van der Waals surface area contributed by atoms with Crippen LogP contribution in [0, 0.1) is 0 Å². The molecule has 0 aromatic heterocycles. The van der Waals surface area contributed by atoms with E-state index in [-0.39, 0.29) is 24.4 Å². The summed E-state index contributed by atoms with van der Waals surface area (Å²) in [5.74, 6) is -1.23. The molecule has 0 fully saturated rings. The first-order valence-corrected chi connectivity index (χ1v) is 15.5. The van der Waals surface area contributed by atoms with E-state index in [2.05, 4.69) is 49.5 Å². The number of rotatable bonds is 13. The van der Waals surface area contributed by atoms with Crippen molar-refractivity contribution in [2.75, 3.05) is 20.1 Å². The third kappa shape index (κ3) is 8.84. The summed E-state index contributed by atoms with van der Waals surface area (Å²) in [4.78, 5) is 10.8. The van der Waals surface area contributed by atoms with Gasteiger partial charge < -0.3 is 15.5 Å². The van der Waals surface area contributed by atoms with Crippen LogP contribution in [0.4, 0.5) is 0 Å². The first-order chi connectivity index (χ1) is 19.9. The molecule has 3 N–H and O–H groups in total. The van der Waals surface area contributed by atoms with E-state index < -0.39 is 22.1 Å². The Kier molecular flexibility index (Phi) is 9.96. The maximum atomic E-state index is 13.2. The quantitative estimate of drug-likeness (QED) is 0.183. The predicted octanol–water partition coefficient (Wildman–Crippen LogP) is 5.34. The van der Waals surface area contributed by atoms with Gasteiger partial charge in [0.1, 0.15) is 0 Å². The number of sulfonamides is 1. The number of fused-ring (bicyclic) bond motifs is 1. The maximum absolute atomic E-state index is 13.2. The Labute approximate surface area is 248 Å². The van der Waals surface area contributed by atoms with Crippen molar-refractivity contribution < 1.29 is 23.4 Å². The molecule has 1 unspecified atom stereocenters. The molecule has 4 aromatic rings. The van der Waals surface area contributed by atoms with Crippen LogP contribution in [0.2, 0.25) is 0 Å². The lowest BCUT2D eigenvalue weighted by Gasteiger charge is -2.29. The summed E-state index contributed by atoms with van der Waals surface area (Å²) in [6.45, 7) is 4.36. The molecule has 7 nitrogen and oxygen atoms in total. The lowest BCUT2D eigenvalue weighted by Crippen LogP contribution is -2.47. The monoisotopic (exact) mass is 586 g/mol. The van der Waals surface area contributed by atoms with Gasteiger partial charge in [-0.05, 0) is 71.0 Å². The zero-order valence-electron chi connectivity index (χ0n) is 24.2. The number of nitrogens with one attached hydrogen (secondary N) is 1. The van der Waals surface area contributed by atoms with Crippen molar-refractivity contribution in [3.63, 3.8) is 0 Å². The van der Waals surface area contributed by atoms with Crippen molar-refractivity contribution in [1.29, 1.82) is 0 Å². The lowest BCUT2D eigenvalue weighted by atomic mass is 9.93. The van der Waals surface area contributed by atoms with Crippen molar-refractivity contribution in [2.24, 2.45) is 0 Å². The van der Waals surface area contributed by atoms with Gasteiger partial charge in [-0.2, -0.15) is 0 Å². The smallest absolute Gasteiger partial charge is 0.328 e. The van der Waals surface area contributed by atoms with Gasteiger partial charge in [0, 0.05) is 31.8 Å². The number of carboxylic acid groups (broad SMARTS) is 1. The Morgan fingerprint density at radius 3 is 2.33 bits per heavy atom. The van der Waals surface area contributed by atoms with E-state index in [0.29, 0.717) is 5.56 Å². The second-order valence-electron chi connectivity index (χ2n) is 11.3. The fraction of sp³-hybridized carbons (Fsp3) is 0.265. The molecule has 42 heavy (non-hydrogen) atoms. The van der Waals surface area contributed by atoms with Crippen LogP contribution >= 0.6 is 0 Å². The minimum Gasteiger partial charge on any atom is -0.478 e. The van der Waals surface area contributed by atoms with Gasteiger partial charge in [-0.15, -0.1) is 0 Å². The third-order valence-corrected chi connectivity index (χ3v) is 8.93. The number of hydrogen-bond donors (Lipinski definition) is 3. The largest absolute Gasteiger partial charge is 0.478 e. The van der Waals surface area contributed by atoms with Gasteiger partial charge in [-0.25, -0.2) is 17.5 Å². The third-order valence-electron chi connectivity index (χ3n) is 7.13. The zero-order valence-corrected chi connectivity index (χ0v) is 25.0. The highest BCUT2D eigenvalue weighted by molar-refractivity contribution is 7.88. The van der Waals surface area contributed by atoms with Gasteiger partial charge in [-0.3, -0.25) is 0 Å². The van der Waals surface area contributed by atoms with E-state index in [1.807, 2.05) is 42.5 Å². The van der Waals surface area contributed by atoms with Crippen molar-refractivity contribution in [2.45, 2.75) is 37.7 Å². The molecule has 1 atom stereocenters. The predicted molar refractivity (Wildman–Crippen MR) is 170 cm³/mol. The molecule has 0 aliphatic carbocycles. The summed E-state index contributed by atoms with van der Waals surface area (Å²) in [6.07, 6.45) is 2.47. The van der Waals surface area contributed by atoms with E-state index in [4.69, 9.17) is 5.11 Å². The first kappa shape index (κ1) is 31.1. The number of hydrogen-bond acceptors (Lipinski definition) is 5. The second kappa shape index (κ2) is 13.4. The summed E-state index contributed by atoms with van der Waals surface area (Å²) in [5.41, 5.74) is 3.91. The number of nitrogens with zero attached hydrogens (tertiary/aromatic N) is 1. The van der Waals surface area contributed by atoms with Gasteiger partial charge >= 0.3 is 5.97 Å². The van der Waals surface area contributed by atoms with Crippen LogP contribution in [0.5, 0.6) is 0 Å². The number of likely N-dealkylation sites (N-methyl/N-ethyl adjacent to an activating group) is 1. The van der Waals surface area contributed by atoms with Crippen molar-refractivity contribution in [3.05, 3.63) is 114 Å². The van der Waals surface area contributed by atoms with Crippen LogP contribution in [0.15, 0.2) is 97.1 Å². The molecule has 0 aliphatic rings. The normalized spacial score (nSPS) is 13.2. The van der Waals surface area contributed by atoms with Crippen LogP contribution in [0.25, 0.3) is 28.0 Å². The Balaban J connectivity index is 1.33. The Morgan fingerprint density at radius 2 is 1.60 bits per heavy atom. The molecular formula is C34H38N2O5S. The number of β-amino-alcohol motifs (C(OH)–C–C–N with tert-alkyl or cyclic N) is 1. The Morgan fingerprint density at radius 1 is 0.905 bits per heavy atom. The molecule has 4 rings (SSSR count). The number of aliphatic hydroxyl groups is 1. The fourth-order valence-electron chi connectivity index (χ4n) is 4.94. The average molecular weight is 587 g/mol. The molecule has 0 aliphatic heterocycles. The highest BCUT2D eigenvalue weighted by atomic mass is 32.2. The van der Waals surface area contributed by atoms with Gasteiger partial charge in [0.05, 0.1) is 11.9 Å². The fourth-order valence-corrected chi connectivity index (χ4v) is 6.16. The lowest BCUT2D eigenvalue weighted by molar-refractivity contribution is -0.131. The van der Waals surface area contributed by atoms with E-state index in [1.54, 1.807) is 18.2 Å². The van der Waals surface area contributed by atoms with Gasteiger partial charge in [0.15, 0.2) is 0 Å². The minimum absolute atomic E-state index is 0.0287. The standard InChI is InChI=1S/C34H38N2O5S/c1-34(2,21-26-14-16-28-10-4-5-11-29(28)19-26)35-22-32(37)23-36(3)42(40,41)24-27-9-7-13-31(20-27)30-12-6-8-25(18-30)15-17-33(38)39/h4-20,32,35,37H,21-24H2,1-3H3,(H,38,39). The molecular weight excluding hydrogens is 548 g/mol. The van der Waals surface area contributed by atoms with Crippen molar-refractivity contribution in [3.8, 4) is 11.1 Å². The van der Waals surface area contributed by atoms with Gasteiger partial charge in [0.2, 0.25) is 10.0 Å². The molecule has 0 saturated heterocycles. The van der Waals surface area contributed by atoms with Crippen LogP contribution in [-0.4, -0.2) is 60.7 Å². The number of aliphatic carboxylic acids is 1. The summed E-state index contributed by atoms with van der Waals surface area (Å²) < 4.78 is 27.5. The Hall–Kier alpha value is -3.82. The molecule has 0 saturated carbocycles. The number of carboxylic acids is 1. The molecule has 0 spiro atoms. The van der Waals surface area contributed by atoms with Crippen LogP contribution in [-0.2, 0) is 27.0 Å². The van der Waals surface area contributed by atoms with Crippen LogP contribution in [0.1, 0.15) is 30.5 Å². The topological polar surface area (TPSA) is 107 Å². The van der Waals surface area contributed by atoms with E-state index in [9.17, 15) is 18.3 Å². The highest BCUT2D eigenvalue weighted by Gasteiger charge is 2.24. The van der Waals surface area contributed by atoms with Crippen LogP contribution < -0.4 is 5.32 Å². The molecule has 0 heterocycles. The highest BCUT2D eigenvalue weighted by Crippen LogP contribution is 2.24. The van der Waals surface area contributed by atoms with E-state index in [0.717, 1.165) is 29.2 Å². The van der Waals surface area contributed by atoms with Gasteiger partial charge in [-0.1, -0.05) is 84.9 Å². The van der Waals surface area contributed by atoms with E-state index in [1.165, 1.54) is 33.8 Å². The van der Waals surface area contributed by atoms with E-state index >= 15 is 0 Å². The Bertz CT molecular complexity index is 1680. The molecule has 4 aromatic carbocycles. The second-order valence-corrected chi connectivity index (χ2v) is 13.4. The summed E-state index contributed by atoms with van der Waals surface area (Å²) in [6, 6.07) is 29.3. The number of aliphatic hydroxyl groups excluding tert-OH is 1. The molecule has 0 radical (unpaired) electrons. The average Bonchev–Trinajstić information content (AvgIpc) is 2.95. The van der Waals surface area contributed by atoms with Crippen LogP contribution in [0.3, 0.4) is 0 Å². The number of carbonyl (C=O) groups is 1. The molecule has 0 amide bonds. The maximum Gasteiger partial charge on any atom is 0.328 e. The molecule has 220 valence electrons. The van der Waals surface area contributed by atoms with Crippen molar-refractivity contribution >= 4 is 32.8 Å². The zero-order chi connectivity index (χ0) is 30.3. The SMILES string of the molecule is CN(CC(O)CNC(C)(C)Cc1ccc2ccccc2c1)S(=O)(=O)Cc1cccc(-c2cccc(C=CC(=O)O)c2)c1. The van der Waals surface area contributed by atoms with Gasteiger partial charge in [0.25, 0.3) is 0 Å². The molecule has 8 heteroatoms. The summed E-state index contributed by atoms with van der Waals surface area (Å²) in [7, 11) is -2.20. The first-order valence-electron chi connectivity index (χ1n) is 13.9. The minimum atomic E-state index is -3.69. The van der Waals surface area contributed by atoms with Crippen molar-refractivity contribution in [1.82, 2.24) is 9.62 Å². The number of benzene rings is 4. The summed E-state index contributed by atoms with van der Waals surface area (Å²) in [5, 5.41) is 25.4.